The van der Waals surface area contributed by atoms with Crippen molar-refractivity contribution in [2.24, 2.45) is 0 Å². The molecule has 1 heterocycles. The standard InChI is InChI=1S/C16H20FNO.ClH/c1-4-16(2,3)18-11-14-9-10-15(19-14)12-5-7-13(17)8-6-12;/h5-10,18H,4,11H2,1-3H3;1H. The van der Waals surface area contributed by atoms with Crippen molar-refractivity contribution in [1.82, 2.24) is 5.32 Å². The SMILES string of the molecule is CCC(C)(C)NCc1ccc(-c2ccc(F)cc2)o1.Cl. The van der Waals surface area contributed by atoms with Crippen LogP contribution in [0.2, 0.25) is 0 Å². The smallest absolute Gasteiger partial charge is 0.134 e. The van der Waals surface area contributed by atoms with E-state index >= 15 is 0 Å². The van der Waals surface area contributed by atoms with Gasteiger partial charge in [0.2, 0.25) is 0 Å². The number of halogens is 2. The highest BCUT2D eigenvalue weighted by molar-refractivity contribution is 5.85. The zero-order valence-electron chi connectivity index (χ0n) is 12.1. The maximum absolute atomic E-state index is 12.9. The molecule has 0 atom stereocenters. The number of rotatable bonds is 5. The highest BCUT2D eigenvalue weighted by Gasteiger charge is 2.14. The Bertz CT molecular complexity index is 534. The molecule has 0 aliphatic heterocycles. The van der Waals surface area contributed by atoms with Crippen molar-refractivity contribution in [3.05, 3.63) is 48.0 Å². The van der Waals surface area contributed by atoms with Crippen molar-refractivity contribution >= 4 is 12.4 Å². The maximum Gasteiger partial charge on any atom is 0.134 e. The van der Waals surface area contributed by atoms with E-state index in [4.69, 9.17) is 4.42 Å². The first kappa shape index (κ1) is 16.7. The van der Waals surface area contributed by atoms with Gasteiger partial charge in [0, 0.05) is 11.1 Å². The van der Waals surface area contributed by atoms with Crippen LogP contribution in [0.4, 0.5) is 4.39 Å². The van der Waals surface area contributed by atoms with Gasteiger partial charge in [-0.2, -0.15) is 0 Å². The summed E-state index contributed by atoms with van der Waals surface area (Å²) < 4.78 is 18.6. The van der Waals surface area contributed by atoms with Crippen LogP contribution in [0.25, 0.3) is 11.3 Å². The summed E-state index contributed by atoms with van der Waals surface area (Å²) in [4.78, 5) is 0. The number of nitrogens with one attached hydrogen (secondary N) is 1. The molecule has 0 saturated carbocycles. The fourth-order valence-electron chi connectivity index (χ4n) is 1.69. The second-order valence-corrected chi connectivity index (χ2v) is 5.36. The minimum Gasteiger partial charge on any atom is -0.460 e. The predicted octanol–water partition coefficient (Wildman–Crippen LogP) is 4.79. The molecule has 1 N–H and O–H groups in total. The van der Waals surface area contributed by atoms with Crippen LogP contribution >= 0.6 is 12.4 Å². The zero-order chi connectivity index (χ0) is 13.9. The van der Waals surface area contributed by atoms with E-state index < -0.39 is 0 Å². The minimum atomic E-state index is -0.234. The Morgan fingerprint density at radius 1 is 1.10 bits per heavy atom. The third kappa shape index (κ3) is 4.36. The van der Waals surface area contributed by atoms with E-state index in [-0.39, 0.29) is 23.8 Å². The van der Waals surface area contributed by atoms with Crippen LogP contribution in [0.3, 0.4) is 0 Å². The van der Waals surface area contributed by atoms with Gasteiger partial charge in [-0.15, -0.1) is 12.4 Å². The molecule has 0 radical (unpaired) electrons. The van der Waals surface area contributed by atoms with Crippen LogP contribution in [0.15, 0.2) is 40.8 Å². The largest absolute Gasteiger partial charge is 0.460 e. The normalized spacial score (nSPS) is 11.2. The molecule has 1 aromatic heterocycles. The molecular weight excluding hydrogens is 277 g/mol. The Kier molecular flexibility index (Phi) is 5.78. The van der Waals surface area contributed by atoms with Crippen molar-refractivity contribution in [3.63, 3.8) is 0 Å². The number of furan rings is 1. The van der Waals surface area contributed by atoms with Gasteiger partial charge in [0.25, 0.3) is 0 Å². The lowest BCUT2D eigenvalue weighted by Crippen LogP contribution is -2.37. The molecule has 0 saturated heterocycles. The van der Waals surface area contributed by atoms with E-state index in [1.54, 1.807) is 12.1 Å². The maximum atomic E-state index is 12.9. The lowest BCUT2D eigenvalue weighted by molar-refractivity contribution is 0.353. The van der Waals surface area contributed by atoms with E-state index in [2.05, 4.69) is 26.1 Å². The second kappa shape index (κ2) is 6.91. The lowest BCUT2D eigenvalue weighted by atomic mass is 10.0. The first-order valence-electron chi connectivity index (χ1n) is 6.60. The Hall–Kier alpha value is -1.32. The summed E-state index contributed by atoms with van der Waals surface area (Å²) in [5, 5.41) is 3.45. The van der Waals surface area contributed by atoms with Crippen LogP contribution in [0, 0.1) is 5.82 Å². The molecule has 0 fully saturated rings. The molecule has 20 heavy (non-hydrogen) atoms. The fourth-order valence-corrected chi connectivity index (χ4v) is 1.69. The van der Waals surface area contributed by atoms with Crippen LogP contribution in [-0.2, 0) is 6.54 Å². The van der Waals surface area contributed by atoms with Gasteiger partial charge < -0.3 is 9.73 Å². The van der Waals surface area contributed by atoms with Crippen LogP contribution in [0.5, 0.6) is 0 Å². The Morgan fingerprint density at radius 3 is 2.35 bits per heavy atom. The van der Waals surface area contributed by atoms with Gasteiger partial charge in [-0.1, -0.05) is 6.92 Å². The van der Waals surface area contributed by atoms with Gasteiger partial charge in [-0.25, -0.2) is 4.39 Å². The zero-order valence-corrected chi connectivity index (χ0v) is 12.9. The van der Waals surface area contributed by atoms with Gasteiger partial charge in [0.05, 0.1) is 6.54 Å². The summed E-state index contributed by atoms with van der Waals surface area (Å²) in [6, 6.07) is 10.2. The van der Waals surface area contributed by atoms with Crippen LogP contribution < -0.4 is 5.32 Å². The average Bonchev–Trinajstić information content (AvgIpc) is 2.86. The molecule has 0 unspecified atom stereocenters. The van der Waals surface area contributed by atoms with Crippen molar-refractivity contribution in [2.75, 3.05) is 0 Å². The van der Waals surface area contributed by atoms with E-state index in [9.17, 15) is 4.39 Å². The summed E-state index contributed by atoms with van der Waals surface area (Å²) in [5.41, 5.74) is 0.991. The van der Waals surface area contributed by atoms with Crippen LogP contribution in [0.1, 0.15) is 33.0 Å². The van der Waals surface area contributed by atoms with Gasteiger partial charge in [0.15, 0.2) is 0 Å². The third-order valence-electron chi connectivity index (χ3n) is 3.42. The van der Waals surface area contributed by atoms with Crippen molar-refractivity contribution in [1.29, 1.82) is 0 Å². The minimum absolute atomic E-state index is 0. The van der Waals surface area contributed by atoms with E-state index in [1.165, 1.54) is 12.1 Å². The highest BCUT2D eigenvalue weighted by atomic mass is 35.5. The molecule has 0 aliphatic rings. The highest BCUT2D eigenvalue weighted by Crippen LogP contribution is 2.22. The van der Waals surface area contributed by atoms with Crippen LogP contribution in [-0.4, -0.2) is 5.54 Å². The molecule has 2 rings (SSSR count). The van der Waals surface area contributed by atoms with Gasteiger partial charge in [-0.05, 0) is 56.7 Å². The first-order valence-corrected chi connectivity index (χ1v) is 6.60. The summed E-state index contributed by atoms with van der Waals surface area (Å²) in [6.45, 7) is 7.18. The molecule has 2 nitrogen and oxygen atoms in total. The summed E-state index contributed by atoms with van der Waals surface area (Å²) in [7, 11) is 0. The molecule has 0 aliphatic carbocycles. The molecular formula is C16H21ClFNO. The van der Waals surface area contributed by atoms with Gasteiger partial charge in [0.1, 0.15) is 17.3 Å². The summed E-state index contributed by atoms with van der Waals surface area (Å²) >= 11 is 0. The monoisotopic (exact) mass is 297 g/mol. The molecule has 0 spiro atoms. The Labute approximate surface area is 125 Å². The summed E-state index contributed by atoms with van der Waals surface area (Å²) in [6.07, 6.45) is 1.05. The van der Waals surface area contributed by atoms with Gasteiger partial charge >= 0.3 is 0 Å². The van der Waals surface area contributed by atoms with E-state index in [0.29, 0.717) is 6.54 Å². The average molecular weight is 298 g/mol. The lowest BCUT2D eigenvalue weighted by Gasteiger charge is -2.23. The summed E-state index contributed by atoms with van der Waals surface area (Å²) in [5.74, 6) is 1.42. The van der Waals surface area contributed by atoms with Crippen molar-refractivity contribution < 1.29 is 8.81 Å². The van der Waals surface area contributed by atoms with Gasteiger partial charge in [-0.3, -0.25) is 0 Å². The van der Waals surface area contributed by atoms with Crippen molar-refractivity contribution in [2.45, 2.75) is 39.3 Å². The molecule has 0 amide bonds. The second-order valence-electron chi connectivity index (χ2n) is 5.36. The molecule has 2 aromatic rings. The number of hydrogen-bond acceptors (Lipinski definition) is 2. The fraction of sp³-hybridized carbons (Fsp3) is 0.375. The molecule has 1 aromatic carbocycles. The Morgan fingerprint density at radius 2 is 1.75 bits per heavy atom. The van der Waals surface area contributed by atoms with Crippen molar-refractivity contribution in [3.8, 4) is 11.3 Å². The number of hydrogen-bond donors (Lipinski definition) is 1. The Balaban J connectivity index is 0.00000200. The number of benzene rings is 1. The van der Waals surface area contributed by atoms with E-state index in [0.717, 1.165) is 23.5 Å². The quantitative estimate of drug-likeness (QED) is 0.858. The molecule has 0 bridgehead atoms. The topological polar surface area (TPSA) is 25.2 Å². The molecule has 4 heteroatoms. The first-order chi connectivity index (χ1) is 9.00. The molecule has 110 valence electrons. The predicted molar refractivity (Wildman–Crippen MR) is 82.6 cm³/mol. The third-order valence-corrected chi connectivity index (χ3v) is 3.42. The van der Waals surface area contributed by atoms with E-state index in [1.807, 2.05) is 12.1 Å².